The van der Waals surface area contributed by atoms with E-state index in [2.05, 4.69) is 14.2 Å². The molecule has 1 amide bonds. The molecule has 10 heteroatoms. The zero-order valence-corrected chi connectivity index (χ0v) is 16.5. The quantitative estimate of drug-likeness (QED) is 0.601. The van der Waals surface area contributed by atoms with Gasteiger partial charge in [-0.25, -0.2) is 13.1 Å². The van der Waals surface area contributed by atoms with Crippen molar-refractivity contribution in [1.29, 1.82) is 0 Å². The second-order valence-corrected chi connectivity index (χ2v) is 7.48. The van der Waals surface area contributed by atoms with E-state index in [9.17, 15) is 22.8 Å². The summed E-state index contributed by atoms with van der Waals surface area (Å²) in [5.41, 5.74) is 0.116. The molecule has 0 bridgehead atoms. The highest BCUT2D eigenvalue weighted by atomic mass is 32.2. The average molecular weight is 400 g/mol. The predicted octanol–water partition coefficient (Wildman–Crippen LogP) is 0.552. The Morgan fingerprint density at radius 1 is 1.04 bits per heavy atom. The first-order valence-electron chi connectivity index (χ1n) is 8.19. The predicted molar refractivity (Wildman–Crippen MR) is 96.5 cm³/mol. The van der Waals surface area contributed by atoms with E-state index in [1.54, 1.807) is 6.92 Å². The molecular weight excluding hydrogens is 376 g/mol. The van der Waals surface area contributed by atoms with Gasteiger partial charge >= 0.3 is 11.9 Å². The zero-order valence-electron chi connectivity index (χ0n) is 15.7. The van der Waals surface area contributed by atoms with Crippen LogP contribution in [0.5, 0.6) is 0 Å². The van der Waals surface area contributed by atoms with Crippen molar-refractivity contribution in [1.82, 2.24) is 9.62 Å². The molecule has 150 valence electrons. The lowest BCUT2D eigenvalue weighted by Crippen LogP contribution is -2.40. The monoisotopic (exact) mass is 400 g/mol. The molecule has 0 aliphatic rings. The average Bonchev–Trinajstić information content (AvgIpc) is 2.66. The summed E-state index contributed by atoms with van der Waals surface area (Å²) < 4.78 is 36.1. The SMILES string of the molecule is CCC(C)NS(=O)(=O)c1ccc(C(=O)N(CC(=O)OC)CC(=O)OC)cc1. The van der Waals surface area contributed by atoms with E-state index in [0.29, 0.717) is 6.42 Å². The lowest BCUT2D eigenvalue weighted by atomic mass is 10.2. The van der Waals surface area contributed by atoms with E-state index in [1.165, 1.54) is 24.3 Å². The van der Waals surface area contributed by atoms with Crippen LogP contribution in [0, 0.1) is 0 Å². The Labute approximate surface area is 158 Å². The zero-order chi connectivity index (χ0) is 20.6. The fourth-order valence-electron chi connectivity index (χ4n) is 2.02. The maximum absolute atomic E-state index is 12.6. The molecule has 1 rings (SSSR count). The van der Waals surface area contributed by atoms with Crippen LogP contribution in [0.2, 0.25) is 0 Å². The number of hydrogen-bond donors (Lipinski definition) is 1. The third kappa shape index (κ3) is 6.65. The number of rotatable bonds is 9. The van der Waals surface area contributed by atoms with Gasteiger partial charge in [0.15, 0.2) is 0 Å². The summed E-state index contributed by atoms with van der Waals surface area (Å²) >= 11 is 0. The highest BCUT2D eigenvalue weighted by Gasteiger charge is 2.23. The minimum atomic E-state index is -3.70. The standard InChI is InChI=1S/C17H24N2O7S/c1-5-12(2)18-27(23,24)14-8-6-13(7-9-14)17(22)19(10-15(20)25-3)11-16(21)26-4/h6-9,12,18H,5,10-11H2,1-4H3. The maximum atomic E-state index is 12.6. The first-order valence-corrected chi connectivity index (χ1v) is 9.68. The summed E-state index contributed by atoms with van der Waals surface area (Å²) in [5.74, 6) is -2.04. The van der Waals surface area contributed by atoms with Crippen LogP contribution < -0.4 is 4.72 Å². The normalized spacial score (nSPS) is 12.1. The maximum Gasteiger partial charge on any atom is 0.325 e. The van der Waals surface area contributed by atoms with E-state index in [1.807, 2.05) is 6.92 Å². The summed E-state index contributed by atoms with van der Waals surface area (Å²) in [4.78, 5) is 36.5. The molecule has 1 aromatic carbocycles. The lowest BCUT2D eigenvalue weighted by Gasteiger charge is -2.20. The molecule has 0 spiro atoms. The largest absolute Gasteiger partial charge is 0.468 e. The summed E-state index contributed by atoms with van der Waals surface area (Å²) in [5, 5.41) is 0. The van der Waals surface area contributed by atoms with Crippen LogP contribution in [0.4, 0.5) is 0 Å². The molecule has 0 aliphatic heterocycles. The highest BCUT2D eigenvalue weighted by molar-refractivity contribution is 7.89. The number of nitrogens with one attached hydrogen (secondary N) is 1. The van der Waals surface area contributed by atoms with Crippen molar-refractivity contribution in [3.05, 3.63) is 29.8 Å². The summed E-state index contributed by atoms with van der Waals surface area (Å²) in [6.45, 7) is 2.71. The second kappa shape index (κ2) is 10.0. The van der Waals surface area contributed by atoms with Gasteiger partial charge in [0.25, 0.3) is 5.91 Å². The van der Waals surface area contributed by atoms with Crippen LogP contribution >= 0.6 is 0 Å². The van der Waals surface area contributed by atoms with Crippen molar-refractivity contribution in [2.24, 2.45) is 0 Å². The van der Waals surface area contributed by atoms with Crippen LogP contribution in [0.25, 0.3) is 0 Å². The number of carbonyl (C=O) groups excluding carboxylic acids is 3. The fourth-order valence-corrected chi connectivity index (χ4v) is 3.34. The lowest BCUT2D eigenvalue weighted by molar-refractivity contribution is -0.144. The minimum Gasteiger partial charge on any atom is -0.468 e. The Bertz CT molecular complexity index is 757. The van der Waals surface area contributed by atoms with Crippen LogP contribution in [0.3, 0.4) is 0 Å². The Morgan fingerprint density at radius 3 is 1.93 bits per heavy atom. The Kier molecular flexibility index (Phi) is 8.38. The molecule has 1 aromatic rings. The summed E-state index contributed by atoms with van der Waals surface area (Å²) in [6.07, 6.45) is 0.631. The van der Waals surface area contributed by atoms with Gasteiger partial charge in [-0.2, -0.15) is 0 Å². The molecule has 0 heterocycles. The minimum absolute atomic E-state index is 0.00633. The third-order valence-electron chi connectivity index (χ3n) is 3.76. The summed E-state index contributed by atoms with van der Waals surface area (Å²) in [6, 6.07) is 4.97. The van der Waals surface area contributed by atoms with Crippen molar-refractivity contribution in [3.8, 4) is 0 Å². The number of sulfonamides is 1. The van der Waals surface area contributed by atoms with E-state index in [4.69, 9.17) is 0 Å². The molecule has 0 saturated heterocycles. The fraction of sp³-hybridized carbons (Fsp3) is 0.471. The van der Waals surface area contributed by atoms with Crippen molar-refractivity contribution >= 4 is 27.9 Å². The van der Waals surface area contributed by atoms with Gasteiger partial charge in [-0.3, -0.25) is 14.4 Å². The number of amides is 1. The molecule has 27 heavy (non-hydrogen) atoms. The second-order valence-electron chi connectivity index (χ2n) is 5.77. The van der Waals surface area contributed by atoms with Crippen molar-refractivity contribution in [2.45, 2.75) is 31.2 Å². The number of nitrogens with zero attached hydrogens (tertiary/aromatic N) is 1. The summed E-state index contributed by atoms with van der Waals surface area (Å²) in [7, 11) is -1.38. The molecule has 1 unspecified atom stereocenters. The number of esters is 2. The van der Waals surface area contributed by atoms with Gasteiger partial charge in [0.05, 0.1) is 19.1 Å². The molecule has 0 radical (unpaired) electrons. The Balaban J connectivity index is 3.03. The van der Waals surface area contributed by atoms with Crippen LogP contribution in [0.1, 0.15) is 30.6 Å². The smallest absolute Gasteiger partial charge is 0.325 e. The van der Waals surface area contributed by atoms with Gasteiger partial charge in [-0.15, -0.1) is 0 Å². The van der Waals surface area contributed by atoms with Crippen LogP contribution in [0.15, 0.2) is 29.2 Å². The highest BCUT2D eigenvalue weighted by Crippen LogP contribution is 2.13. The van der Waals surface area contributed by atoms with Gasteiger partial charge in [0.1, 0.15) is 13.1 Å². The van der Waals surface area contributed by atoms with E-state index < -0.39 is 41.0 Å². The van der Waals surface area contributed by atoms with E-state index in [0.717, 1.165) is 19.1 Å². The molecule has 0 saturated carbocycles. The number of benzene rings is 1. The first-order chi connectivity index (χ1) is 12.6. The van der Waals surface area contributed by atoms with E-state index in [-0.39, 0.29) is 16.5 Å². The molecule has 1 atom stereocenters. The molecule has 9 nitrogen and oxygen atoms in total. The first kappa shape index (κ1) is 22.6. The topological polar surface area (TPSA) is 119 Å². The van der Waals surface area contributed by atoms with Crippen molar-refractivity contribution < 1.29 is 32.3 Å². The molecular formula is C17H24N2O7S. The number of ether oxygens (including phenoxy) is 2. The Morgan fingerprint density at radius 2 is 1.52 bits per heavy atom. The van der Waals surface area contributed by atoms with Gasteiger partial charge in [-0.1, -0.05) is 6.92 Å². The third-order valence-corrected chi connectivity index (χ3v) is 5.37. The van der Waals surface area contributed by atoms with Crippen LogP contribution in [-0.4, -0.2) is 64.5 Å². The van der Waals surface area contributed by atoms with Gasteiger partial charge in [-0.05, 0) is 37.6 Å². The molecule has 0 aromatic heterocycles. The van der Waals surface area contributed by atoms with Gasteiger partial charge in [0, 0.05) is 11.6 Å². The van der Waals surface area contributed by atoms with E-state index >= 15 is 0 Å². The van der Waals surface area contributed by atoms with Gasteiger partial charge in [0.2, 0.25) is 10.0 Å². The Hall–Kier alpha value is -2.46. The van der Waals surface area contributed by atoms with Gasteiger partial charge < -0.3 is 14.4 Å². The molecule has 0 fully saturated rings. The number of carbonyl (C=O) groups is 3. The number of hydrogen-bond acceptors (Lipinski definition) is 7. The van der Waals surface area contributed by atoms with Crippen LogP contribution in [-0.2, 0) is 29.1 Å². The molecule has 1 N–H and O–H groups in total. The molecule has 0 aliphatic carbocycles. The van der Waals surface area contributed by atoms with Crippen molar-refractivity contribution in [2.75, 3.05) is 27.3 Å². The van der Waals surface area contributed by atoms with Crippen molar-refractivity contribution in [3.63, 3.8) is 0 Å². The number of methoxy groups -OCH3 is 2.